The highest BCUT2D eigenvalue weighted by molar-refractivity contribution is 6.34. The average Bonchev–Trinajstić information content (AvgIpc) is 2.83. The molecule has 96 valence electrons. The van der Waals surface area contributed by atoms with Gasteiger partial charge in [-0.3, -0.25) is 4.68 Å². The van der Waals surface area contributed by atoms with Gasteiger partial charge in [-0.1, -0.05) is 23.2 Å². The van der Waals surface area contributed by atoms with Crippen LogP contribution < -0.4 is 4.74 Å². The molecule has 1 N–H and O–H groups in total. The summed E-state index contributed by atoms with van der Waals surface area (Å²) < 4.78 is 7.05. The molecule has 4 nitrogen and oxygen atoms in total. The topological polar surface area (TPSA) is 47.3 Å². The van der Waals surface area contributed by atoms with Crippen molar-refractivity contribution in [3.63, 3.8) is 0 Å². The van der Waals surface area contributed by atoms with E-state index in [1.54, 1.807) is 41.3 Å². The Morgan fingerprint density at radius 2 is 2.22 bits per heavy atom. The Labute approximate surface area is 115 Å². The number of benzene rings is 1. The van der Waals surface area contributed by atoms with Gasteiger partial charge in [0.25, 0.3) is 0 Å². The Kier molecular flexibility index (Phi) is 4.47. The molecule has 2 rings (SSSR count). The van der Waals surface area contributed by atoms with Crippen LogP contribution in [0, 0.1) is 0 Å². The Bertz CT molecular complexity index is 503. The van der Waals surface area contributed by atoms with E-state index < -0.39 is 6.10 Å². The summed E-state index contributed by atoms with van der Waals surface area (Å²) in [4.78, 5) is 0. The molecule has 2 aromatic rings. The van der Waals surface area contributed by atoms with Crippen molar-refractivity contribution >= 4 is 23.2 Å². The third-order valence-electron chi connectivity index (χ3n) is 2.28. The molecule has 0 amide bonds. The molecule has 1 heterocycles. The van der Waals surface area contributed by atoms with E-state index in [0.717, 1.165) is 0 Å². The molecule has 0 bridgehead atoms. The largest absolute Gasteiger partial charge is 0.489 e. The van der Waals surface area contributed by atoms with Gasteiger partial charge in [0.1, 0.15) is 18.5 Å². The van der Waals surface area contributed by atoms with Gasteiger partial charge in [0.15, 0.2) is 0 Å². The molecule has 18 heavy (non-hydrogen) atoms. The highest BCUT2D eigenvalue weighted by Crippen LogP contribution is 2.27. The fourth-order valence-corrected chi connectivity index (χ4v) is 1.79. The number of aliphatic hydroxyl groups excluding tert-OH is 1. The van der Waals surface area contributed by atoms with Gasteiger partial charge in [-0.2, -0.15) is 5.10 Å². The summed E-state index contributed by atoms with van der Waals surface area (Å²) in [5.74, 6) is 0.462. The van der Waals surface area contributed by atoms with Gasteiger partial charge in [0.05, 0.1) is 11.6 Å². The highest BCUT2D eigenvalue weighted by Gasteiger charge is 2.09. The minimum absolute atomic E-state index is 0.125. The van der Waals surface area contributed by atoms with Crippen LogP contribution in [0.5, 0.6) is 5.75 Å². The standard InChI is InChI=1S/C12H12Cl2N2O2/c13-9-2-3-11(14)12(6-9)18-8-10(17)7-16-5-1-4-15-16/h1-6,10,17H,7-8H2. The molecule has 0 saturated carbocycles. The number of nitrogens with zero attached hydrogens (tertiary/aromatic N) is 2. The molecular weight excluding hydrogens is 275 g/mol. The van der Waals surface area contributed by atoms with Crippen molar-refractivity contribution in [1.82, 2.24) is 9.78 Å². The van der Waals surface area contributed by atoms with Crippen LogP contribution in [0.3, 0.4) is 0 Å². The summed E-state index contributed by atoms with van der Waals surface area (Å²) in [7, 11) is 0. The van der Waals surface area contributed by atoms with Crippen molar-refractivity contribution < 1.29 is 9.84 Å². The van der Waals surface area contributed by atoms with Crippen LogP contribution in [0.4, 0.5) is 0 Å². The molecule has 1 aromatic heterocycles. The summed E-state index contributed by atoms with van der Waals surface area (Å²) in [5.41, 5.74) is 0. The zero-order chi connectivity index (χ0) is 13.0. The lowest BCUT2D eigenvalue weighted by atomic mass is 10.3. The first-order valence-electron chi connectivity index (χ1n) is 5.38. The maximum absolute atomic E-state index is 9.78. The number of aliphatic hydroxyl groups is 1. The van der Waals surface area contributed by atoms with Crippen LogP contribution in [-0.2, 0) is 6.54 Å². The first-order chi connectivity index (χ1) is 8.65. The first kappa shape index (κ1) is 13.2. The number of aromatic nitrogens is 2. The van der Waals surface area contributed by atoms with Crippen molar-refractivity contribution in [2.45, 2.75) is 12.6 Å². The van der Waals surface area contributed by atoms with Crippen LogP contribution >= 0.6 is 23.2 Å². The molecule has 1 aromatic carbocycles. The lowest BCUT2D eigenvalue weighted by molar-refractivity contribution is 0.0894. The SMILES string of the molecule is OC(COc1cc(Cl)ccc1Cl)Cn1cccn1. The lowest BCUT2D eigenvalue weighted by Gasteiger charge is -2.13. The lowest BCUT2D eigenvalue weighted by Crippen LogP contribution is -2.23. The maximum Gasteiger partial charge on any atom is 0.139 e. The predicted molar refractivity (Wildman–Crippen MR) is 70.2 cm³/mol. The van der Waals surface area contributed by atoms with E-state index in [4.69, 9.17) is 27.9 Å². The zero-order valence-corrected chi connectivity index (χ0v) is 11.0. The minimum atomic E-state index is -0.667. The molecule has 0 aliphatic rings. The highest BCUT2D eigenvalue weighted by atomic mass is 35.5. The Morgan fingerprint density at radius 1 is 1.39 bits per heavy atom. The van der Waals surface area contributed by atoms with Crippen molar-refractivity contribution in [3.05, 3.63) is 46.7 Å². The number of halogens is 2. The smallest absolute Gasteiger partial charge is 0.139 e. The Morgan fingerprint density at radius 3 is 2.94 bits per heavy atom. The van der Waals surface area contributed by atoms with Gasteiger partial charge in [0.2, 0.25) is 0 Å². The fourth-order valence-electron chi connectivity index (χ4n) is 1.45. The van der Waals surface area contributed by atoms with E-state index in [-0.39, 0.29) is 6.61 Å². The monoisotopic (exact) mass is 286 g/mol. The van der Waals surface area contributed by atoms with Crippen molar-refractivity contribution in [3.8, 4) is 5.75 Å². The summed E-state index contributed by atoms with van der Waals surface area (Å²) in [6, 6.07) is 6.74. The molecule has 1 atom stereocenters. The van der Waals surface area contributed by atoms with Gasteiger partial charge in [0, 0.05) is 23.5 Å². The van der Waals surface area contributed by atoms with E-state index >= 15 is 0 Å². The molecule has 0 saturated heterocycles. The third-order valence-corrected chi connectivity index (χ3v) is 2.83. The Hall–Kier alpha value is -1.23. The predicted octanol–water partition coefficient (Wildman–Crippen LogP) is 2.63. The second-order valence-electron chi connectivity index (χ2n) is 3.77. The van der Waals surface area contributed by atoms with Crippen LogP contribution in [0.1, 0.15) is 0 Å². The number of hydrogen-bond acceptors (Lipinski definition) is 3. The van der Waals surface area contributed by atoms with E-state index in [1.165, 1.54) is 0 Å². The summed E-state index contributed by atoms with van der Waals surface area (Å²) >= 11 is 11.8. The average molecular weight is 287 g/mol. The normalized spacial score (nSPS) is 12.4. The van der Waals surface area contributed by atoms with Gasteiger partial charge in [-0.25, -0.2) is 0 Å². The minimum Gasteiger partial charge on any atom is -0.489 e. The van der Waals surface area contributed by atoms with E-state index in [0.29, 0.717) is 22.3 Å². The number of hydrogen-bond donors (Lipinski definition) is 1. The zero-order valence-electron chi connectivity index (χ0n) is 9.46. The maximum atomic E-state index is 9.78. The van der Waals surface area contributed by atoms with Crippen molar-refractivity contribution in [2.24, 2.45) is 0 Å². The Balaban J connectivity index is 1.89. The summed E-state index contributed by atoms with van der Waals surface area (Å²) in [6.07, 6.45) is 2.76. The van der Waals surface area contributed by atoms with E-state index in [1.807, 2.05) is 0 Å². The van der Waals surface area contributed by atoms with Gasteiger partial charge in [-0.05, 0) is 18.2 Å². The fraction of sp³-hybridized carbons (Fsp3) is 0.250. The van der Waals surface area contributed by atoms with Crippen LogP contribution in [0.15, 0.2) is 36.7 Å². The first-order valence-corrected chi connectivity index (χ1v) is 6.14. The van der Waals surface area contributed by atoms with Crippen LogP contribution in [0.25, 0.3) is 0 Å². The molecule has 0 fully saturated rings. The second kappa shape index (κ2) is 6.09. The molecule has 0 aliphatic heterocycles. The van der Waals surface area contributed by atoms with Crippen molar-refractivity contribution in [1.29, 1.82) is 0 Å². The second-order valence-corrected chi connectivity index (χ2v) is 4.61. The quantitative estimate of drug-likeness (QED) is 0.919. The summed E-state index contributed by atoms with van der Waals surface area (Å²) in [5, 5.41) is 14.8. The van der Waals surface area contributed by atoms with Crippen LogP contribution in [-0.4, -0.2) is 27.6 Å². The number of ether oxygens (including phenoxy) is 1. The molecule has 6 heteroatoms. The molecule has 1 unspecified atom stereocenters. The summed E-state index contributed by atoms with van der Waals surface area (Å²) in [6.45, 7) is 0.491. The van der Waals surface area contributed by atoms with E-state index in [9.17, 15) is 5.11 Å². The van der Waals surface area contributed by atoms with Gasteiger partial charge < -0.3 is 9.84 Å². The third kappa shape index (κ3) is 3.63. The van der Waals surface area contributed by atoms with Gasteiger partial charge in [-0.15, -0.1) is 0 Å². The molecule has 0 radical (unpaired) electrons. The van der Waals surface area contributed by atoms with Crippen LogP contribution in [0.2, 0.25) is 10.0 Å². The molecule has 0 spiro atoms. The van der Waals surface area contributed by atoms with Gasteiger partial charge >= 0.3 is 0 Å². The molecular formula is C12H12Cl2N2O2. The van der Waals surface area contributed by atoms with E-state index in [2.05, 4.69) is 5.10 Å². The molecule has 0 aliphatic carbocycles. The van der Waals surface area contributed by atoms with Crippen molar-refractivity contribution in [2.75, 3.05) is 6.61 Å². The number of rotatable bonds is 5.